The van der Waals surface area contributed by atoms with Crippen LogP contribution in [0.4, 0.5) is 0 Å². The second-order valence-corrected chi connectivity index (χ2v) is 17.2. The first-order valence-corrected chi connectivity index (χ1v) is 18.6. The summed E-state index contributed by atoms with van der Waals surface area (Å²) in [5.74, 6) is -1.23. The lowest BCUT2D eigenvalue weighted by molar-refractivity contribution is 0.0696. The van der Waals surface area contributed by atoms with Crippen LogP contribution >= 0.6 is 10.6 Å². The fourth-order valence-corrected chi connectivity index (χ4v) is 12.0. The van der Waals surface area contributed by atoms with Crippen LogP contribution < -0.4 is 4.72 Å². The molecule has 10 nitrogen and oxygen atoms in total. The van der Waals surface area contributed by atoms with E-state index in [9.17, 15) is 35.8 Å². The number of carboxylic acids is 1. The van der Waals surface area contributed by atoms with Crippen molar-refractivity contribution in [3.63, 3.8) is 0 Å². The zero-order valence-electron chi connectivity index (χ0n) is 23.6. The zero-order chi connectivity index (χ0) is 30.8. The third kappa shape index (κ3) is 5.00. The van der Waals surface area contributed by atoms with Crippen LogP contribution in [0.5, 0.6) is 0 Å². The summed E-state index contributed by atoms with van der Waals surface area (Å²) in [5, 5.41) is 9.23. The molecule has 0 aromatic heterocycles. The smallest absolute Gasteiger partial charge is 0.335 e. The third-order valence-corrected chi connectivity index (χ3v) is 14.5. The van der Waals surface area contributed by atoms with E-state index in [0.717, 1.165) is 42.9 Å². The number of carboxylic acid groups (broad SMARTS) is 1. The Morgan fingerprint density at radius 2 is 1.58 bits per heavy atom. The van der Waals surface area contributed by atoms with Gasteiger partial charge in [-0.25, -0.2) is 26.4 Å². The second-order valence-electron chi connectivity index (χ2n) is 11.6. The summed E-state index contributed by atoms with van der Waals surface area (Å²) in [6, 6.07) is 15.2. The summed E-state index contributed by atoms with van der Waals surface area (Å²) in [4.78, 5) is 11.9. The molecule has 4 N–H and O–H groups in total. The van der Waals surface area contributed by atoms with Crippen LogP contribution in [0.3, 0.4) is 0 Å². The molecule has 230 valence electrons. The minimum Gasteiger partial charge on any atom is -0.478 e. The maximum atomic E-state index is 13.7. The van der Waals surface area contributed by atoms with Crippen LogP contribution in [0.15, 0.2) is 80.2 Å². The lowest BCUT2D eigenvalue weighted by Crippen LogP contribution is -2.46. The molecule has 0 bridgehead atoms. The van der Waals surface area contributed by atoms with Crippen LogP contribution in [0, 0.1) is 6.92 Å². The Labute approximate surface area is 253 Å². The lowest BCUT2D eigenvalue weighted by atomic mass is 9.72. The van der Waals surface area contributed by atoms with Gasteiger partial charge in [-0.1, -0.05) is 43.2 Å². The number of benzene rings is 3. The Morgan fingerprint density at radius 3 is 2.26 bits per heavy atom. The Balaban J connectivity index is 1.25. The number of nitrogens with one attached hydrogen (secondary N) is 1. The third-order valence-electron chi connectivity index (χ3n) is 9.05. The molecule has 13 heteroatoms. The molecule has 2 heterocycles. The summed E-state index contributed by atoms with van der Waals surface area (Å²) >= 11 is 0. The maximum Gasteiger partial charge on any atom is 0.335 e. The summed E-state index contributed by atoms with van der Waals surface area (Å²) in [5.41, 5.74) is 1.67. The normalized spacial score (nSPS) is 20.8. The largest absolute Gasteiger partial charge is 0.478 e. The molecule has 0 unspecified atom stereocenters. The van der Waals surface area contributed by atoms with Crippen molar-refractivity contribution in [1.82, 2.24) is 9.03 Å². The lowest BCUT2D eigenvalue weighted by Gasteiger charge is -2.47. The molecule has 3 aliphatic rings. The first-order valence-electron chi connectivity index (χ1n) is 14.2. The quantitative estimate of drug-likeness (QED) is 0.285. The van der Waals surface area contributed by atoms with Crippen LogP contribution in [-0.4, -0.2) is 60.5 Å². The second kappa shape index (κ2) is 10.7. The van der Waals surface area contributed by atoms with Gasteiger partial charge in [0.1, 0.15) is 0 Å². The van der Waals surface area contributed by atoms with E-state index in [2.05, 4.69) is 4.72 Å². The van der Waals surface area contributed by atoms with E-state index in [4.69, 9.17) is 0 Å². The molecule has 0 radical (unpaired) electrons. The van der Waals surface area contributed by atoms with E-state index in [0.29, 0.717) is 10.5 Å². The molecule has 1 aliphatic carbocycles. The summed E-state index contributed by atoms with van der Waals surface area (Å²) in [6.07, 6.45) is 4.11. The van der Waals surface area contributed by atoms with Crippen molar-refractivity contribution in [3.8, 4) is 0 Å². The molecule has 0 atom stereocenters. The molecule has 0 amide bonds. The average molecular weight is 647 g/mol. The van der Waals surface area contributed by atoms with Gasteiger partial charge in [0.2, 0.25) is 20.0 Å². The van der Waals surface area contributed by atoms with Gasteiger partial charge in [-0.15, -0.1) is 10.6 Å². The van der Waals surface area contributed by atoms with Gasteiger partial charge in [0, 0.05) is 24.5 Å². The number of hydrogen-bond acceptors (Lipinski definition) is 7. The number of nitrogens with zero attached hydrogens (tertiary/aromatic N) is 1. The predicted molar refractivity (Wildman–Crippen MR) is 162 cm³/mol. The highest BCUT2D eigenvalue weighted by Gasteiger charge is 2.48. The molecule has 3 aromatic carbocycles. The van der Waals surface area contributed by atoms with Crippen molar-refractivity contribution in [1.29, 1.82) is 0 Å². The number of fused-ring (bicyclic) bond motifs is 4. The van der Waals surface area contributed by atoms with Gasteiger partial charge in [0.05, 0.1) is 25.1 Å². The van der Waals surface area contributed by atoms with Crippen LogP contribution in [0.1, 0.15) is 65.6 Å². The Morgan fingerprint density at radius 1 is 0.907 bits per heavy atom. The zero-order valence-corrected chi connectivity index (χ0v) is 26.0. The van der Waals surface area contributed by atoms with E-state index >= 15 is 0 Å². The molecule has 6 rings (SSSR count). The number of sulfonamides is 2. The fourth-order valence-electron chi connectivity index (χ4n) is 6.89. The molecule has 3 aromatic rings. The number of carbonyl (C=O) groups is 1. The fraction of sp³-hybridized carbons (Fsp3) is 0.367. The molecule has 1 spiro atoms. The van der Waals surface area contributed by atoms with Crippen molar-refractivity contribution in [2.24, 2.45) is 0 Å². The van der Waals surface area contributed by atoms with Gasteiger partial charge in [-0.2, -0.15) is 4.31 Å². The van der Waals surface area contributed by atoms with Gasteiger partial charge < -0.3 is 5.11 Å². The van der Waals surface area contributed by atoms with Gasteiger partial charge in [0.25, 0.3) is 0 Å². The average Bonchev–Trinajstić information content (AvgIpc) is 3.47. The van der Waals surface area contributed by atoms with Crippen molar-refractivity contribution in [2.75, 3.05) is 13.1 Å². The topological polar surface area (TPSA) is 161 Å². The molecular weight excluding hydrogens is 613 g/mol. The minimum atomic E-state index is -4.10. The molecule has 2 aliphatic heterocycles. The van der Waals surface area contributed by atoms with Gasteiger partial charge in [-0.05, 0) is 79.6 Å². The first kappa shape index (κ1) is 30.3. The van der Waals surface area contributed by atoms with Crippen LogP contribution in [0.2, 0.25) is 0 Å². The standard InChI is InChI=1S/C30H34N2O8S3/c1-20-17-25-28(41(35,36)26-10-3-2-9-24(26)30(25)13-4-5-14-30)19-27(20)42(37,38)31-22-11-15-32(16-12-22)43(39,40)23-8-6-7-21(18-23)29(33)34/h2-3,6-10,17-19,22,31,35-36H,4-5,11-16H2,1H3,(H,33,34). The van der Waals surface area contributed by atoms with Gasteiger partial charge >= 0.3 is 5.97 Å². The monoisotopic (exact) mass is 646 g/mol. The van der Waals surface area contributed by atoms with E-state index < -0.39 is 48.1 Å². The Kier molecular flexibility index (Phi) is 7.52. The molecule has 1 saturated carbocycles. The van der Waals surface area contributed by atoms with Crippen LogP contribution in [0.25, 0.3) is 0 Å². The van der Waals surface area contributed by atoms with E-state index in [1.54, 1.807) is 25.1 Å². The summed E-state index contributed by atoms with van der Waals surface area (Å²) in [6.45, 7) is 1.82. The van der Waals surface area contributed by atoms with Crippen molar-refractivity contribution in [2.45, 2.75) is 76.5 Å². The number of hydrogen-bond donors (Lipinski definition) is 4. The van der Waals surface area contributed by atoms with E-state index in [-0.39, 0.29) is 46.2 Å². The highest BCUT2D eigenvalue weighted by molar-refractivity contribution is 8.24. The molecule has 2 fully saturated rings. The maximum absolute atomic E-state index is 13.7. The number of aromatic carboxylic acids is 1. The van der Waals surface area contributed by atoms with Crippen LogP contribution in [-0.2, 0) is 25.5 Å². The van der Waals surface area contributed by atoms with E-state index in [1.807, 2.05) is 12.1 Å². The Bertz CT molecular complexity index is 1830. The Hall–Kier alpha value is -2.78. The molecule has 43 heavy (non-hydrogen) atoms. The SMILES string of the molecule is Cc1cc2c(cc1S(=O)(=O)NC1CCN(S(=O)(=O)c3cccc(C(=O)O)c3)CC1)S(O)(O)c1ccccc1C21CCCC1. The predicted octanol–water partition coefficient (Wildman–Crippen LogP) is 5.17. The van der Waals surface area contributed by atoms with Gasteiger partial charge in [-0.3, -0.25) is 9.11 Å². The summed E-state index contributed by atoms with van der Waals surface area (Å²) in [7, 11) is -11.5. The molecule has 1 saturated heterocycles. The van der Waals surface area contributed by atoms with Gasteiger partial charge in [0.15, 0.2) is 0 Å². The number of aryl methyl sites for hydroxylation is 1. The van der Waals surface area contributed by atoms with Crippen molar-refractivity contribution >= 4 is 36.6 Å². The van der Waals surface area contributed by atoms with Crippen molar-refractivity contribution in [3.05, 3.63) is 82.9 Å². The van der Waals surface area contributed by atoms with Crippen molar-refractivity contribution < 1.29 is 35.8 Å². The highest BCUT2D eigenvalue weighted by Crippen LogP contribution is 2.68. The first-order chi connectivity index (χ1) is 20.3. The highest BCUT2D eigenvalue weighted by atomic mass is 32.3. The van der Waals surface area contributed by atoms with E-state index in [1.165, 1.54) is 28.6 Å². The molecular formula is C30H34N2O8S3. The minimum absolute atomic E-state index is 0.0284. The summed E-state index contributed by atoms with van der Waals surface area (Å²) < 4.78 is 80.7. The number of rotatable bonds is 6. The number of piperidine rings is 1.